The molecule has 2 fully saturated rings. The van der Waals surface area contributed by atoms with Crippen molar-refractivity contribution in [2.75, 3.05) is 36.6 Å². The molecular weight excluding hydrogens is 388 g/mol. The molecule has 2 atom stereocenters. The molecule has 2 aliphatic rings. The lowest BCUT2D eigenvalue weighted by Crippen LogP contribution is -2.62. The van der Waals surface area contributed by atoms with Crippen molar-refractivity contribution in [1.82, 2.24) is 4.90 Å². The number of piperazine rings is 1. The molecule has 2 aliphatic heterocycles. The van der Waals surface area contributed by atoms with Crippen molar-refractivity contribution in [3.8, 4) is 5.75 Å². The van der Waals surface area contributed by atoms with E-state index in [2.05, 4.69) is 0 Å². The topological polar surface area (TPSA) is 66.9 Å². The maximum atomic E-state index is 13.0. The number of carbonyl (C=O) groups is 1. The summed E-state index contributed by atoms with van der Waals surface area (Å²) < 4.78 is 30.4. The molecule has 0 N–H and O–H groups in total. The lowest BCUT2D eigenvalue weighted by atomic mass is 10.0. The minimum absolute atomic E-state index is 0.0163. The first kappa shape index (κ1) is 19.9. The van der Waals surface area contributed by atoms with Crippen molar-refractivity contribution in [1.29, 1.82) is 0 Å². The van der Waals surface area contributed by atoms with Gasteiger partial charge in [-0.05, 0) is 37.1 Å². The molecule has 0 saturated carbocycles. The van der Waals surface area contributed by atoms with Gasteiger partial charge in [-0.15, -0.1) is 0 Å². The van der Waals surface area contributed by atoms with E-state index in [1.54, 1.807) is 12.0 Å². The number of anilines is 1. The number of hydrogen-bond acceptors (Lipinski definition) is 5. The Morgan fingerprint density at radius 3 is 2.45 bits per heavy atom. The van der Waals surface area contributed by atoms with E-state index in [1.165, 1.54) is 0 Å². The fraction of sp³-hybridized carbons (Fsp3) is 0.409. The molecule has 2 heterocycles. The highest BCUT2D eigenvalue weighted by Gasteiger charge is 2.49. The molecular formula is C22H26N2O4S. The monoisotopic (exact) mass is 414 g/mol. The van der Waals surface area contributed by atoms with Gasteiger partial charge in [-0.1, -0.05) is 35.9 Å². The first-order chi connectivity index (χ1) is 13.9. The maximum Gasteiger partial charge on any atom is 0.241 e. The SMILES string of the molecule is COc1ccccc1CCN1CC(=O)N(c2ccc(C)cc2)[C@@H]2CS(=O)(=O)C[C@@H]21. The summed E-state index contributed by atoms with van der Waals surface area (Å²) in [4.78, 5) is 16.8. The van der Waals surface area contributed by atoms with Crippen LogP contribution in [-0.2, 0) is 21.1 Å². The number of ether oxygens (including phenoxy) is 1. The van der Waals surface area contributed by atoms with Crippen LogP contribution in [0, 0.1) is 6.92 Å². The molecule has 2 aromatic rings. The Labute approximate surface area is 172 Å². The molecule has 0 unspecified atom stereocenters. The normalized spacial score (nSPS) is 23.8. The fourth-order valence-corrected chi connectivity index (χ4v) is 6.40. The minimum atomic E-state index is -3.19. The van der Waals surface area contributed by atoms with Crippen LogP contribution in [-0.4, -0.2) is 63.0 Å². The van der Waals surface area contributed by atoms with Crippen LogP contribution in [0.4, 0.5) is 5.69 Å². The third kappa shape index (κ3) is 4.02. The van der Waals surface area contributed by atoms with Gasteiger partial charge >= 0.3 is 0 Å². The Balaban J connectivity index is 1.58. The second kappa shape index (κ2) is 7.80. The van der Waals surface area contributed by atoms with Crippen molar-refractivity contribution in [3.63, 3.8) is 0 Å². The lowest BCUT2D eigenvalue weighted by molar-refractivity contribution is -0.123. The summed E-state index contributed by atoms with van der Waals surface area (Å²) in [7, 11) is -1.55. The van der Waals surface area contributed by atoms with Crippen LogP contribution in [0.25, 0.3) is 0 Å². The van der Waals surface area contributed by atoms with Gasteiger partial charge in [0.2, 0.25) is 5.91 Å². The standard InChI is InChI=1S/C22H26N2O4S/c1-16-7-9-18(10-8-16)24-20-15-29(26,27)14-19(20)23(13-22(24)25)12-11-17-5-3-4-6-21(17)28-2/h3-10,19-20H,11-15H2,1-2H3/t19-,20+/m0/s1. The highest BCUT2D eigenvalue weighted by Crippen LogP contribution is 2.32. The number of nitrogens with zero attached hydrogens (tertiary/aromatic N) is 2. The van der Waals surface area contributed by atoms with Crippen LogP contribution in [0.1, 0.15) is 11.1 Å². The van der Waals surface area contributed by atoms with E-state index in [4.69, 9.17) is 4.74 Å². The molecule has 0 aliphatic carbocycles. The fourth-order valence-electron chi connectivity index (χ4n) is 4.42. The van der Waals surface area contributed by atoms with Crippen LogP contribution in [0.15, 0.2) is 48.5 Å². The molecule has 7 heteroatoms. The van der Waals surface area contributed by atoms with Crippen LogP contribution < -0.4 is 9.64 Å². The molecule has 0 radical (unpaired) electrons. The van der Waals surface area contributed by atoms with E-state index < -0.39 is 9.84 Å². The third-order valence-electron chi connectivity index (χ3n) is 5.87. The Morgan fingerprint density at radius 1 is 1.03 bits per heavy atom. The average molecular weight is 415 g/mol. The smallest absolute Gasteiger partial charge is 0.241 e. The van der Waals surface area contributed by atoms with E-state index in [9.17, 15) is 13.2 Å². The number of rotatable bonds is 5. The molecule has 154 valence electrons. The predicted molar refractivity (Wildman–Crippen MR) is 113 cm³/mol. The molecule has 0 spiro atoms. The lowest BCUT2D eigenvalue weighted by Gasteiger charge is -2.43. The second-order valence-corrected chi connectivity index (χ2v) is 10.00. The summed E-state index contributed by atoms with van der Waals surface area (Å²) in [6, 6.07) is 15.0. The van der Waals surface area contributed by atoms with Crippen molar-refractivity contribution in [3.05, 3.63) is 59.7 Å². The number of fused-ring (bicyclic) bond motifs is 1. The summed E-state index contributed by atoms with van der Waals surface area (Å²) in [5, 5.41) is 0. The Kier molecular flexibility index (Phi) is 5.36. The predicted octanol–water partition coefficient (Wildman–Crippen LogP) is 2.06. The zero-order valence-corrected chi connectivity index (χ0v) is 17.6. The number of aryl methyl sites for hydroxylation is 1. The van der Waals surface area contributed by atoms with Crippen LogP contribution in [0.5, 0.6) is 5.75 Å². The first-order valence-corrected chi connectivity index (χ1v) is 11.7. The van der Waals surface area contributed by atoms with Crippen molar-refractivity contribution in [2.45, 2.75) is 25.4 Å². The van der Waals surface area contributed by atoms with Gasteiger partial charge in [0.15, 0.2) is 9.84 Å². The average Bonchev–Trinajstić information content (AvgIpc) is 3.02. The third-order valence-corrected chi connectivity index (χ3v) is 7.57. The minimum Gasteiger partial charge on any atom is -0.496 e. The van der Waals surface area contributed by atoms with Crippen LogP contribution >= 0.6 is 0 Å². The number of carbonyl (C=O) groups excluding carboxylic acids is 1. The number of sulfone groups is 1. The first-order valence-electron chi connectivity index (χ1n) is 9.83. The van der Waals surface area contributed by atoms with Gasteiger partial charge in [-0.25, -0.2) is 8.42 Å². The highest BCUT2D eigenvalue weighted by atomic mass is 32.2. The Hall–Kier alpha value is -2.38. The number of methoxy groups -OCH3 is 1. The second-order valence-electron chi connectivity index (χ2n) is 7.84. The number of benzene rings is 2. The van der Waals surface area contributed by atoms with E-state index in [-0.39, 0.29) is 36.0 Å². The molecule has 2 aromatic carbocycles. The molecule has 4 rings (SSSR count). The summed E-state index contributed by atoms with van der Waals surface area (Å²) in [6.45, 7) is 2.83. The zero-order chi connectivity index (χ0) is 20.6. The van der Waals surface area contributed by atoms with Crippen LogP contribution in [0.3, 0.4) is 0 Å². The number of para-hydroxylation sites is 1. The summed E-state index contributed by atoms with van der Waals surface area (Å²) in [5.74, 6) is 0.877. The number of hydrogen-bond donors (Lipinski definition) is 0. The van der Waals surface area contributed by atoms with E-state index in [1.807, 2.05) is 60.4 Å². The van der Waals surface area contributed by atoms with Gasteiger partial charge in [0, 0.05) is 18.3 Å². The quantitative estimate of drug-likeness (QED) is 0.749. The number of amides is 1. The van der Waals surface area contributed by atoms with Gasteiger partial charge in [0.1, 0.15) is 5.75 Å². The zero-order valence-electron chi connectivity index (χ0n) is 16.7. The van der Waals surface area contributed by atoms with E-state index >= 15 is 0 Å². The van der Waals surface area contributed by atoms with E-state index in [0.717, 1.165) is 22.6 Å². The van der Waals surface area contributed by atoms with Crippen LogP contribution in [0.2, 0.25) is 0 Å². The Morgan fingerprint density at radius 2 is 1.72 bits per heavy atom. The Bertz CT molecular complexity index is 1000. The van der Waals surface area contributed by atoms with Gasteiger partial charge in [0.25, 0.3) is 0 Å². The van der Waals surface area contributed by atoms with Gasteiger partial charge in [0.05, 0.1) is 31.2 Å². The van der Waals surface area contributed by atoms with Crippen molar-refractivity contribution in [2.24, 2.45) is 0 Å². The largest absolute Gasteiger partial charge is 0.496 e. The van der Waals surface area contributed by atoms with Crippen molar-refractivity contribution < 1.29 is 17.9 Å². The summed E-state index contributed by atoms with van der Waals surface area (Å²) in [6.07, 6.45) is 0.699. The highest BCUT2D eigenvalue weighted by molar-refractivity contribution is 7.91. The molecule has 6 nitrogen and oxygen atoms in total. The van der Waals surface area contributed by atoms with Gasteiger partial charge in [-0.2, -0.15) is 0 Å². The maximum absolute atomic E-state index is 13.0. The molecule has 2 saturated heterocycles. The molecule has 29 heavy (non-hydrogen) atoms. The summed E-state index contributed by atoms with van der Waals surface area (Å²) >= 11 is 0. The molecule has 1 amide bonds. The van der Waals surface area contributed by atoms with Gasteiger partial charge < -0.3 is 9.64 Å². The van der Waals surface area contributed by atoms with Crippen molar-refractivity contribution >= 4 is 21.4 Å². The van der Waals surface area contributed by atoms with Gasteiger partial charge in [-0.3, -0.25) is 9.69 Å². The molecule has 0 bridgehead atoms. The van der Waals surface area contributed by atoms with E-state index in [0.29, 0.717) is 13.0 Å². The summed E-state index contributed by atoms with van der Waals surface area (Å²) in [5.41, 5.74) is 2.94. The molecule has 0 aromatic heterocycles.